The second-order valence-corrected chi connectivity index (χ2v) is 7.25. The summed E-state index contributed by atoms with van der Waals surface area (Å²) < 4.78 is 7.58. The van der Waals surface area contributed by atoms with Gasteiger partial charge in [-0.15, -0.1) is 0 Å². The van der Waals surface area contributed by atoms with Gasteiger partial charge in [0, 0.05) is 18.7 Å². The molecular weight excluding hydrogens is 316 g/mol. The summed E-state index contributed by atoms with van der Waals surface area (Å²) in [6.07, 6.45) is 1.53. The number of aromatic nitrogens is 2. The standard InChI is InChI=1S/C19H22N4O2/c1-13-9-14(10-20)5-6-15(13)16-11-21-17-12-22(7-8-23(16)17)18(24)25-19(2,3)4/h5-6,9,11H,7-8,12H2,1-4H3. The van der Waals surface area contributed by atoms with Gasteiger partial charge in [0.05, 0.1) is 30.1 Å². The highest BCUT2D eigenvalue weighted by Crippen LogP contribution is 2.28. The fourth-order valence-corrected chi connectivity index (χ4v) is 2.98. The lowest BCUT2D eigenvalue weighted by molar-refractivity contribution is 0.0196. The molecule has 0 fully saturated rings. The van der Waals surface area contributed by atoms with Crippen molar-refractivity contribution in [2.75, 3.05) is 6.54 Å². The predicted octanol–water partition coefficient (Wildman–Crippen LogP) is 3.48. The van der Waals surface area contributed by atoms with E-state index in [1.807, 2.05) is 52.1 Å². The van der Waals surface area contributed by atoms with Crippen LogP contribution in [0.4, 0.5) is 4.79 Å². The molecule has 6 heteroatoms. The topological polar surface area (TPSA) is 71.2 Å². The second-order valence-electron chi connectivity index (χ2n) is 7.25. The zero-order valence-corrected chi connectivity index (χ0v) is 15.0. The van der Waals surface area contributed by atoms with Crippen LogP contribution in [-0.2, 0) is 17.8 Å². The highest BCUT2D eigenvalue weighted by molar-refractivity contribution is 5.69. The molecule has 1 aliphatic heterocycles. The molecule has 1 aromatic carbocycles. The van der Waals surface area contributed by atoms with Crippen molar-refractivity contribution in [2.45, 2.75) is 46.4 Å². The van der Waals surface area contributed by atoms with Crippen molar-refractivity contribution < 1.29 is 9.53 Å². The Kier molecular flexibility index (Phi) is 4.25. The Labute approximate surface area is 147 Å². The Hall–Kier alpha value is -2.81. The first-order valence-corrected chi connectivity index (χ1v) is 8.32. The van der Waals surface area contributed by atoms with Crippen LogP contribution in [0.2, 0.25) is 0 Å². The molecule has 0 unspecified atom stereocenters. The third-order valence-corrected chi connectivity index (χ3v) is 4.15. The number of nitriles is 1. The van der Waals surface area contributed by atoms with E-state index in [1.165, 1.54) is 0 Å². The number of carbonyl (C=O) groups excluding carboxylic acids is 1. The van der Waals surface area contributed by atoms with Gasteiger partial charge in [0.25, 0.3) is 0 Å². The Morgan fingerprint density at radius 2 is 2.08 bits per heavy atom. The normalized spacial score (nSPS) is 14.0. The molecule has 1 aliphatic rings. The summed E-state index contributed by atoms with van der Waals surface area (Å²) in [6.45, 7) is 9.27. The van der Waals surface area contributed by atoms with Gasteiger partial charge in [-0.05, 0) is 45.4 Å². The first-order valence-electron chi connectivity index (χ1n) is 8.32. The molecule has 1 amide bonds. The minimum absolute atomic E-state index is 0.308. The highest BCUT2D eigenvalue weighted by atomic mass is 16.6. The van der Waals surface area contributed by atoms with E-state index in [1.54, 1.807) is 4.90 Å². The van der Waals surface area contributed by atoms with Crippen LogP contribution in [0.1, 0.15) is 37.7 Å². The van der Waals surface area contributed by atoms with E-state index in [4.69, 9.17) is 10.00 Å². The largest absolute Gasteiger partial charge is 0.444 e. The lowest BCUT2D eigenvalue weighted by Crippen LogP contribution is -2.41. The Morgan fingerprint density at radius 3 is 2.72 bits per heavy atom. The van der Waals surface area contributed by atoms with Crippen LogP contribution in [0.3, 0.4) is 0 Å². The number of imidazole rings is 1. The number of aryl methyl sites for hydroxylation is 1. The van der Waals surface area contributed by atoms with Gasteiger partial charge < -0.3 is 9.30 Å². The van der Waals surface area contributed by atoms with Gasteiger partial charge in [-0.1, -0.05) is 6.07 Å². The summed E-state index contributed by atoms with van der Waals surface area (Å²) in [5, 5.41) is 9.02. The monoisotopic (exact) mass is 338 g/mol. The average molecular weight is 338 g/mol. The minimum atomic E-state index is -0.505. The molecular formula is C19H22N4O2. The molecule has 0 N–H and O–H groups in total. The molecule has 2 heterocycles. The quantitative estimate of drug-likeness (QED) is 0.798. The molecule has 0 saturated heterocycles. The summed E-state index contributed by atoms with van der Waals surface area (Å²) in [5.74, 6) is 0.843. The maximum atomic E-state index is 12.3. The summed E-state index contributed by atoms with van der Waals surface area (Å²) in [5.41, 5.74) is 3.26. The molecule has 0 spiro atoms. The van der Waals surface area contributed by atoms with Crippen molar-refractivity contribution in [2.24, 2.45) is 0 Å². The second kappa shape index (κ2) is 6.25. The minimum Gasteiger partial charge on any atom is -0.444 e. The van der Waals surface area contributed by atoms with E-state index in [0.717, 1.165) is 22.6 Å². The van der Waals surface area contributed by atoms with Gasteiger partial charge in [0.15, 0.2) is 0 Å². The average Bonchev–Trinajstić information content (AvgIpc) is 2.96. The number of ether oxygens (including phenoxy) is 1. The van der Waals surface area contributed by atoms with Gasteiger partial charge in [-0.2, -0.15) is 5.26 Å². The first-order chi connectivity index (χ1) is 11.8. The zero-order valence-electron chi connectivity index (χ0n) is 15.0. The lowest BCUT2D eigenvalue weighted by Gasteiger charge is -2.31. The van der Waals surface area contributed by atoms with Crippen molar-refractivity contribution >= 4 is 6.09 Å². The summed E-state index contributed by atoms with van der Waals surface area (Å²) in [4.78, 5) is 18.4. The van der Waals surface area contributed by atoms with Crippen molar-refractivity contribution in [3.05, 3.63) is 41.3 Å². The van der Waals surface area contributed by atoms with Gasteiger partial charge in [0.2, 0.25) is 0 Å². The van der Waals surface area contributed by atoms with Gasteiger partial charge in [-0.25, -0.2) is 9.78 Å². The van der Waals surface area contributed by atoms with Gasteiger partial charge >= 0.3 is 6.09 Å². The van der Waals surface area contributed by atoms with Crippen LogP contribution in [-0.4, -0.2) is 32.7 Å². The van der Waals surface area contributed by atoms with Crippen molar-refractivity contribution in [3.8, 4) is 17.3 Å². The third-order valence-electron chi connectivity index (χ3n) is 4.15. The molecule has 25 heavy (non-hydrogen) atoms. The van der Waals surface area contributed by atoms with E-state index in [0.29, 0.717) is 25.2 Å². The van der Waals surface area contributed by atoms with Crippen LogP contribution < -0.4 is 0 Å². The van der Waals surface area contributed by atoms with Crippen LogP contribution in [0.5, 0.6) is 0 Å². The molecule has 0 saturated carbocycles. The molecule has 6 nitrogen and oxygen atoms in total. The number of hydrogen-bond acceptors (Lipinski definition) is 4. The van der Waals surface area contributed by atoms with Gasteiger partial charge in [-0.3, -0.25) is 4.90 Å². The number of nitrogens with zero attached hydrogens (tertiary/aromatic N) is 4. The number of benzene rings is 1. The number of carbonyl (C=O) groups is 1. The van der Waals surface area contributed by atoms with Crippen LogP contribution >= 0.6 is 0 Å². The Morgan fingerprint density at radius 1 is 1.32 bits per heavy atom. The maximum Gasteiger partial charge on any atom is 0.410 e. The van der Waals surface area contributed by atoms with Crippen LogP contribution in [0, 0.1) is 18.3 Å². The fraction of sp³-hybridized carbons (Fsp3) is 0.421. The zero-order chi connectivity index (χ0) is 18.2. The summed E-state index contributed by atoms with van der Waals surface area (Å²) >= 11 is 0. The Bertz CT molecular complexity index is 855. The number of rotatable bonds is 1. The van der Waals surface area contributed by atoms with E-state index >= 15 is 0 Å². The van der Waals surface area contributed by atoms with Gasteiger partial charge in [0.1, 0.15) is 11.4 Å². The fourth-order valence-electron chi connectivity index (χ4n) is 2.98. The third kappa shape index (κ3) is 3.50. The van der Waals surface area contributed by atoms with Crippen LogP contribution in [0.25, 0.3) is 11.3 Å². The van der Waals surface area contributed by atoms with E-state index in [9.17, 15) is 4.79 Å². The van der Waals surface area contributed by atoms with E-state index < -0.39 is 5.60 Å². The molecule has 0 radical (unpaired) electrons. The molecule has 1 aromatic heterocycles. The number of hydrogen-bond donors (Lipinski definition) is 0. The highest BCUT2D eigenvalue weighted by Gasteiger charge is 2.27. The summed E-state index contributed by atoms with van der Waals surface area (Å²) in [6, 6.07) is 7.81. The summed E-state index contributed by atoms with van der Waals surface area (Å²) in [7, 11) is 0. The molecule has 0 atom stereocenters. The van der Waals surface area contributed by atoms with E-state index in [2.05, 4.69) is 15.6 Å². The molecule has 2 aromatic rings. The van der Waals surface area contributed by atoms with Crippen molar-refractivity contribution in [1.29, 1.82) is 5.26 Å². The van der Waals surface area contributed by atoms with Crippen LogP contribution in [0.15, 0.2) is 24.4 Å². The molecule has 3 rings (SSSR count). The van der Waals surface area contributed by atoms with Crippen molar-refractivity contribution in [3.63, 3.8) is 0 Å². The van der Waals surface area contributed by atoms with Crippen molar-refractivity contribution in [1.82, 2.24) is 14.5 Å². The smallest absolute Gasteiger partial charge is 0.410 e. The first kappa shape index (κ1) is 17.0. The SMILES string of the molecule is Cc1cc(C#N)ccc1-c1cnc2n1CCN(C(=O)OC(C)(C)C)C2. The Balaban J connectivity index is 1.84. The number of amides is 1. The maximum absolute atomic E-state index is 12.3. The number of fused-ring (bicyclic) bond motifs is 1. The van der Waals surface area contributed by atoms with E-state index in [-0.39, 0.29) is 6.09 Å². The molecule has 130 valence electrons. The lowest BCUT2D eigenvalue weighted by atomic mass is 10.0. The molecule has 0 aliphatic carbocycles. The molecule has 0 bridgehead atoms. The predicted molar refractivity (Wildman–Crippen MR) is 93.8 cm³/mol.